The monoisotopic (exact) mass is 424 g/mol. The second-order valence-electron chi connectivity index (χ2n) is 8.27. The highest BCUT2D eigenvalue weighted by Gasteiger charge is 2.41. The second kappa shape index (κ2) is 11.3. The van der Waals surface area contributed by atoms with Crippen molar-refractivity contribution in [3.8, 4) is 5.75 Å². The third kappa shape index (κ3) is 6.08. The second-order valence-corrected chi connectivity index (χ2v) is 8.27. The lowest BCUT2D eigenvalue weighted by Gasteiger charge is -2.36. The summed E-state index contributed by atoms with van der Waals surface area (Å²) in [6, 6.07) is 16.0. The predicted molar refractivity (Wildman–Crippen MR) is 126 cm³/mol. The van der Waals surface area contributed by atoms with Gasteiger partial charge in [-0.05, 0) is 69.1 Å². The summed E-state index contributed by atoms with van der Waals surface area (Å²) in [6.45, 7) is 11.5. The van der Waals surface area contributed by atoms with E-state index in [0.717, 1.165) is 43.1 Å². The van der Waals surface area contributed by atoms with Crippen LogP contribution in [0.3, 0.4) is 0 Å². The van der Waals surface area contributed by atoms with E-state index in [0.29, 0.717) is 32.7 Å². The molecule has 0 aliphatic carbocycles. The summed E-state index contributed by atoms with van der Waals surface area (Å²) in [5, 5.41) is 3.13. The molecule has 0 aromatic heterocycles. The lowest BCUT2D eigenvalue weighted by atomic mass is 9.73. The van der Waals surface area contributed by atoms with E-state index in [1.54, 1.807) is 0 Å². The minimum absolute atomic E-state index is 0.0348. The molecular formula is C26H36N2O3. The van der Waals surface area contributed by atoms with Gasteiger partial charge in [-0.25, -0.2) is 0 Å². The molecule has 1 heterocycles. The van der Waals surface area contributed by atoms with Gasteiger partial charge in [0.25, 0.3) is 0 Å². The number of amides is 1. The Labute approximate surface area is 186 Å². The zero-order chi connectivity index (χ0) is 22.1. The number of carbonyl (C=O) groups is 1. The van der Waals surface area contributed by atoms with Gasteiger partial charge in [0.15, 0.2) is 0 Å². The number of hydrogen-bond acceptors (Lipinski definition) is 4. The number of ether oxygens (including phenoxy) is 2. The molecule has 1 saturated heterocycles. The predicted octanol–water partition coefficient (Wildman–Crippen LogP) is 4.79. The fraction of sp³-hybridized carbons (Fsp3) is 0.500. The Bertz CT molecular complexity index is 808. The Morgan fingerprint density at radius 3 is 2.29 bits per heavy atom. The molecule has 3 rings (SSSR count). The van der Waals surface area contributed by atoms with Gasteiger partial charge in [-0.1, -0.05) is 43.7 Å². The van der Waals surface area contributed by atoms with Gasteiger partial charge in [-0.15, -0.1) is 0 Å². The van der Waals surface area contributed by atoms with Gasteiger partial charge in [0.05, 0.1) is 12.0 Å². The zero-order valence-electron chi connectivity index (χ0n) is 19.2. The van der Waals surface area contributed by atoms with Gasteiger partial charge in [0.2, 0.25) is 5.91 Å². The largest absolute Gasteiger partial charge is 0.494 e. The van der Waals surface area contributed by atoms with Crippen LogP contribution < -0.4 is 10.1 Å². The summed E-state index contributed by atoms with van der Waals surface area (Å²) >= 11 is 0. The van der Waals surface area contributed by atoms with Crippen molar-refractivity contribution in [2.45, 2.75) is 45.4 Å². The van der Waals surface area contributed by atoms with Crippen LogP contribution in [0.5, 0.6) is 5.75 Å². The molecule has 0 atom stereocenters. The van der Waals surface area contributed by atoms with Crippen LogP contribution in [0.1, 0.15) is 44.2 Å². The fourth-order valence-electron chi connectivity index (χ4n) is 4.14. The lowest BCUT2D eigenvalue weighted by Crippen LogP contribution is -2.44. The van der Waals surface area contributed by atoms with E-state index in [4.69, 9.17) is 9.47 Å². The normalized spacial score (nSPS) is 15.6. The van der Waals surface area contributed by atoms with Crippen molar-refractivity contribution in [3.63, 3.8) is 0 Å². The highest BCUT2D eigenvalue weighted by molar-refractivity contribution is 5.99. The summed E-state index contributed by atoms with van der Waals surface area (Å²) < 4.78 is 11.4. The summed E-state index contributed by atoms with van der Waals surface area (Å²) in [7, 11) is 0. The highest BCUT2D eigenvalue weighted by Crippen LogP contribution is 2.36. The van der Waals surface area contributed by atoms with E-state index in [9.17, 15) is 4.79 Å². The van der Waals surface area contributed by atoms with E-state index in [1.165, 1.54) is 5.56 Å². The van der Waals surface area contributed by atoms with Gasteiger partial charge in [-0.2, -0.15) is 0 Å². The maximum atomic E-state index is 13.4. The van der Waals surface area contributed by atoms with Crippen LogP contribution in [0.4, 0.5) is 5.69 Å². The standard InChI is InChI=1S/C26H36N2O3/c1-4-28(5-2)17-6-18-31-24-13-11-23(12-14-24)27-25(29)26(15-19-30-20-16-26)22-9-7-21(3)8-10-22/h7-14H,4-6,15-20H2,1-3H3,(H,27,29). The average molecular weight is 425 g/mol. The minimum atomic E-state index is -0.550. The molecule has 2 aromatic rings. The fourth-order valence-corrected chi connectivity index (χ4v) is 4.14. The van der Waals surface area contributed by atoms with Crippen LogP contribution in [0.2, 0.25) is 0 Å². The minimum Gasteiger partial charge on any atom is -0.494 e. The molecule has 5 nitrogen and oxygen atoms in total. The van der Waals surface area contributed by atoms with Crippen molar-refractivity contribution in [2.24, 2.45) is 0 Å². The van der Waals surface area contributed by atoms with E-state index in [1.807, 2.05) is 24.3 Å². The van der Waals surface area contributed by atoms with Crippen LogP contribution in [-0.2, 0) is 14.9 Å². The van der Waals surface area contributed by atoms with Gasteiger partial charge in [0, 0.05) is 25.4 Å². The first kappa shape index (κ1) is 23.3. The van der Waals surface area contributed by atoms with Crippen molar-refractivity contribution in [1.82, 2.24) is 4.90 Å². The smallest absolute Gasteiger partial charge is 0.235 e. The van der Waals surface area contributed by atoms with Crippen LogP contribution in [-0.4, -0.2) is 50.3 Å². The lowest BCUT2D eigenvalue weighted by molar-refractivity contribution is -0.125. The van der Waals surface area contributed by atoms with Crippen LogP contribution >= 0.6 is 0 Å². The van der Waals surface area contributed by atoms with Gasteiger partial charge in [-0.3, -0.25) is 4.79 Å². The summed E-state index contributed by atoms with van der Waals surface area (Å²) in [4.78, 5) is 15.8. The third-order valence-electron chi connectivity index (χ3n) is 6.28. The number of nitrogens with one attached hydrogen (secondary N) is 1. The first-order valence-corrected chi connectivity index (χ1v) is 11.5. The molecule has 0 saturated carbocycles. The maximum absolute atomic E-state index is 13.4. The Morgan fingerprint density at radius 2 is 1.68 bits per heavy atom. The maximum Gasteiger partial charge on any atom is 0.235 e. The Balaban J connectivity index is 1.60. The number of rotatable bonds is 10. The topological polar surface area (TPSA) is 50.8 Å². The van der Waals surface area contributed by atoms with E-state index in [2.05, 4.69) is 55.3 Å². The molecule has 168 valence electrons. The van der Waals surface area contributed by atoms with E-state index >= 15 is 0 Å². The molecule has 1 N–H and O–H groups in total. The number of hydrogen-bond donors (Lipinski definition) is 1. The van der Waals surface area contributed by atoms with Crippen LogP contribution in [0.25, 0.3) is 0 Å². The number of benzene rings is 2. The first-order chi connectivity index (χ1) is 15.1. The van der Waals surface area contributed by atoms with Gasteiger partial charge < -0.3 is 19.7 Å². The van der Waals surface area contributed by atoms with E-state index < -0.39 is 5.41 Å². The zero-order valence-corrected chi connectivity index (χ0v) is 19.2. The third-order valence-corrected chi connectivity index (χ3v) is 6.28. The molecular weight excluding hydrogens is 388 g/mol. The number of aryl methyl sites for hydroxylation is 1. The molecule has 0 unspecified atom stereocenters. The Kier molecular flexibility index (Phi) is 8.50. The number of anilines is 1. The van der Waals surface area contributed by atoms with Gasteiger partial charge in [0.1, 0.15) is 5.75 Å². The highest BCUT2D eigenvalue weighted by atomic mass is 16.5. The molecule has 1 amide bonds. The van der Waals surface area contributed by atoms with Crippen LogP contribution in [0.15, 0.2) is 48.5 Å². The number of nitrogens with zero attached hydrogens (tertiary/aromatic N) is 1. The van der Waals surface area contributed by atoms with Crippen molar-refractivity contribution in [3.05, 3.63) is 59.7 Å². The molecule has 0 bridgehead atoms. The molecule has 5 heteroatoms. The molecule has 1 fully saturated rings. The molecule has 1 aliphatic heterocycles. The average Bonchev–Trinajstić information content (AvgIpc) is 2.81. The van der Waals surface area contributed by atoms with Crippen LogP contribution in [0, 0.1) is 6.92 Å². The molecule has 1 aliphatic rings. The Hall–Kier alpha value is -2.37. The van der Waals surface area contributed by atoms with Crippen molar-refractivity contribution >= 4 is 11.6 Å². The summed E-state index contributed by atoms with van der Waals surface area (Å²) in [6.07, 6.45) is 2.38. The summed E-state index contributed by atoms with van der Waals surface area (Å²) in [5.74, 6) is 0.865. The van der Waals surface area contributed by atoms with Crippen molar-refractivity contribution < 1.29 is 14.3 Å². The molecule has 0 spiro atoms. The summed E-state index contributed by atoms with van der Waals surface area (Å²) in [5.41, 5.74) is 2.50. The first-order valence-electron chi connectivity index (χ1n) is 11.5. The molecule has 2 aromatic carbocycles. The molecule has 31 heavy (non-hydrogen) atoms. The molecule has 0 radical (unpaired) electrons. The van der Waals surface area contributed by atoms with E-state index in [-0.39, 0.29) is 5.91 Å². The van der Waals surface area contributed by atoms with Gasteiger partial charge >= 0.3 is 0 Å². The van der Waals surface area contributed by atoms with Crippen molar-refractivity contribution in [2.75, 3.05) is 44.8 Å². The SMILES string of the molecule is CCN(CC)CCCOc1ccc(NC(=O)C2(c3ccc(C)cc3)CCOCC2)cc1. The quantitative estimate of drug-likeness (QED) is 0.557. The number of carbonyl (C=O) groups excluding carboxylic acids is 1. The Morgan fingerprint density at radius 1 is 1.03 bits per heavy atom. The van der Waals surface area contributed by atoms with Crippen molar-refractivity contribution in [1.29, 1.82) is 0 Å².